The number of amides is 1. The van der Waals surface area contributed by atoms with Crippen molar-refractivity contribution in [3.05, 3.63) is 42.5 Å². The molecule has 0 radical (unpaired) electrons. The van der Waals surface area contributed by atoms with E-state index < -0.39 is 0 Å². The average molecular weight is 286 g/mol. The van der Waals surface area contributed by atoms with Crippen LogP contribution in [0.5, 0.6) is 0 Å². The van der Waals surface area contributed by atoms with Gasteiger partial charge in [0.05, 0.1) is 0 Å². The maximum Gasteiger partial charge on any atom is 0.251 e. The van der Waals surface area contributed by atoms with Gasteiger partial charge in [0.2, 0.25) is 0 Å². The monoisotopic (exact) mass is 286 g/mol. The molecule has 1 aromatic carbocycles. The molecule has 0 aromatic heterocycles. The predicted octanol–water partition coefficient (Wildman–Crippen LogP) is 3.84. The molecular weight excluding hydrogens is 260 g/mol. The quantitative estimate of drug-likeness (QED) is 0.807. The van der Waals surface area contributed by atoms with Crippen LogP contribution in [0.15, 0.2) is 36.9 Å². The molecule has 2 unspecified atom stereocenters. The number of anilines is 1. The molecule has 0 saturated heterocycles. The minimum Gasteiger partial charge on any atom is -0.382 e. The molecule has 3 heteroatoms. The molecule has 2 N–H and O–H groups in total. The highest BCUT2D eigenvalue weighted by Gasteiger charge is 2.23. The zero-order chi connectivity index (χ0) is 15.2. The largest absolute Gasteiger partial charge is 0.382 e. The van der Waals surface area contributed by atoms with Gasteiger partial charge in [-0.05, 0) is 55.4 Å². The molecule has 1 aromatic rings. The minimum atomic E-state index is -0.0543. The Morgan fingerprint density at radius 1 is 1.19 bits per heavy atom. The SMILES string of the molecule is C=CCNC(=O)c1ccc(NC2CC(C)CC(C)C2)cc1. The summed E-state index contributed by atoms with van der Waals surface area (Å²) in [4.78, 5) is 11.8. The highest BCUT2D eigenvalue weighted by Crippen LogP contribution is 2.30. The molecular formula is C18H26N2O. The van der Waals surface area contributed by atoms with Crippen LogP contribution in [0.3, 0.4) is 0 Å². The van der Waals surface area contributed by atoms with Crippen LogP contribution < -0.4 is 10.6 Å². The zero-order valence-corrected chi connectivity index (χ0v) is 13.1. The van der Waals surface area contributed by atoms with Gasteiger partial charge in [-0.15, -0.1) is 6.58 Å². The van der Waals surface area contributed by atoms with Crippen molar-refractivity contribution in [3.63, 3.8) is 0 Å². The fourth-order valence-corrected chi connectivity index (χ4v) is 3.29. The first-order chi connectivity index (χ1) is 10.1. The van der Waals surface area contributed by atoms with Crippen molar-refractivity contribution in [2.75, 3.05) is 11.9 Å². The van der Waals surface area contributed by atoms with E-state index in [2.05, 4.69) is 31.1 Å². The van der Waals surface area contributed by atoms with Crippen molar-refractivity contribution in [2.24, 2.45) is 11.8 Å². The Balaban J connectivity index is 1.93. The van der Waals surface area contributed by atoms with Crippen molar-refractivity contribution in [1.29, 1.82) is 0 Å². The van der Waals surface area contributed by atoms with Gasteiger partial charge in [0, 0.05) is 23.8 Å². The van der Waals surface area contributed by atoms with Gasteiger partial charge in [-0.3, -0.25) is 4.79 Å². The summed E-state index contributed by atoms with van der Waals surface area (Å²) in [5.41, 5.74) is 1.79. The van der Waals surface area contributed by atoms with Gasteiger partial charge in [-0.1, -0.05) is 19.9 Å². The van der Waals surface area contributed by atoms with Gasteiger partial charge in [0.1, 0.15) is 0 Å². The van der Waals surface area contributed by atoms with E-state index in [1.165, 1.54) is 19.3 Å². The molecule has 0 bridgehead atoms. The van der Waals surface area contributed by atoms with Crippen molar-refractivity contribution < 1.29 is 4.79 Å². The van der Waals surface area contributed by atoms with E-state index in [1.54, 1.807) is 6.08 Å². The Kier molecular flexibility index (Phi) is 5.43. The number of carbonyl (C=O) groups is 1. The van der Waals surface area contributed by atoms with E-state index in [0.29, 0.717) is 18.2 Å². The van der Waals surface area contributed by atoms with Crippen molar-refractivity contribution in [2.45, 2.75) is 39.2 Å². The van der Waals surface area contributed by atoms with E-state index in [4.69, 9.17) is 0 Å². The summed E-state index contributed by atoms with van der Waals surface area (Å²) in [5.74, 6) is 1.52. The summed E-state index contributed by atoms with van der Waals surface area (Å²) in [6.07, 6.45) is 5.47. The van der Waals surface area contributed by atoms with Gasteiger partial charge < -0.3 is 10.6 Å². The second-order valence-electron chi connectivity index (χ2n) is 6.33. The Labute approximate surface area is 127 Å². The standard InChI is InChI=1S/C18H26N2O/c1-4-9-19-18(21)15-5-7-16(8-6-15)20-17-11-13(2)10-14(3)12-17/h4-8,13-14,17,20H,1,9-12H2,2-3H3,(H,19,21). The third kappa shape index (κ3) is 4.62. The average Bonchev–Trinajstić information content (AvgIpc) is 2.44. The van der Waals surface area contributed by atoms with E-state index in [1.807, 2.05) is 24.3 Å². The fourth-order valence-electron chi connectivity index (χ4n) is 3.29. The van der Waals surface area contributed by atoms with Gasteiger partial charge >= 0.3 is 0 Å². The number of carbonyl (C=O) groups excluding carboxylic acids is 1. The van der Waals surface area contributed by atoms with Gasteiger partial charge in [0.25, 0.3) is 5.91 Å². The van der Waals surface area contributed by atoms with Crippen LogP contribution in [0.25, 0.3) is 0 Å². The smallest absolute Gasteiger partial charge is 0.251 e. The van der Waals surface area contributed by atoms with Gasteiger partial charge in [-0.2, -0.15) is 0 Å². The Bertz CT molecular complexity index is 470. The molecule has 1 amide bonds. The lowest BCUT2D eigenvalue weighted by Gasteiger charge is -2.32. The second kappa shape index (κ2) is 7.30. The summed E-state index contributed by atoms with van der Waals surface area (Å²) in [5, 5.41) is 6.39. The van der Waals surface area contributed by atoms with Gasteiger partial charge in [-0.25, -0.2) is 0 Å². The van der Waals surface area contributed by atoms with Crippen LogP contribution in [0.4, 0.5) is 5.69 Å². The first kappa shape index (κ1) is 15.6. The molecule has 1 saturated carbocycles. The number of benzene rings is 1. The first-order valence-corrected chi connectivity index (χ1v) is 7.84. The maximum atomic E-state index is 11.8. The highest BCUT2D eigenvalue weighted by molar-refractivity contribution is 5.94. The van der Waals surface area contributed by atoms with E-state index >= 15 is 0 Å². The molecule has 2 atom stereocenters. The molecule has 1 aliphatic rings. The number of hydrogen-bond acceptors (Lipinski definition) is 2. The summed E-state index contributed by atoms with van der Waals surface area (Å²) in [6, 6.07) is 8.27. The normalized spacial score (nSPS) is 25.1. The molecule has 1 aliphatic carbocycles. The Morgan fingerprint density at radius 3 is 2.38 bits per heavy atom. The van der Waals surface area contributed by atoms with Gasteiger partial charge in [0.15, 0.2) is 0 Å². The van der Waals surface area contributed by atoms with Crippen LogP contribution >= 0.6 is 0 Å². The number of hydrogen-bond donors (Lipinski definition) is 2. The van der Waals surface area contributed by atoms with Crippen LogP contribution in [0.2, 0.25) is 0 Å². The molecule has 2 rings (SSSR count). The number of nitrogens with one attached hydrogen (secondary N) is 2. The second-order valence-corrected chi connectivity index (χ2v) is 6.33. The highest BCUT2D eigenvalue weighted by atomic mass is 16.1. The molecule has 114 valence electrons. The van der Waals surface area contributed by atoms with Crippen molar-refractivity contribution in [1.82, 2.24) is 5.32 Å². The summed E-state index contributed by atoms with van der Waals surface area (Å²) in [7, 11) is 0. The molecule has 1 fully saturated rings. The van der Waals surface area contributed by atoms with Crippen molar-refractivity contribution >= 4 is 11.6 Å². The number of rotatable bonds is 5. The molecule has 21 heavy (non-hydrogen) atoms. The molecule has 0 aliphatic heterocycles. The Morgan fingerprint density at radius 2 is 1.81 bits per heavy atom. The lowest BCUT2D eigenvalue weighted by atomic mass is 9.80. The summed E-state index contributed by atoms with van der Waals surface area (Å²) < 4.78 is 0. The molecule has 3 nitrogen and oxygen atoms in total. The van der Waals surface area contributed by atoms with Crippen LogP contribution in [-0.4, -0.2) is 18.5 Å². The summed E-state index contributed by atoms with van der Waals surface area (Å²) >= 11 is 0. The van der Waals surface area contributed by atoms with Crippen LogP contribution in [0, 0.1) is 11.8 Å². The third-order valence-corrected chi connectivity index (χ3v) is 4.10. The minimum absolute atomic E-state index is 0.0543. The first-order valence-electron chi connectivity index (χ1n) is 7.84. The molecule has 0 spiro atoms. The van der Waals surface area contributed by atoms with E-state index in [-0.39, 0.29) is 5.91 Å². The summed E-state index contributed by atoms with van der Waals surface area (Å²) in [6.45, 7) is 8.75. The van der Waals surface area contributed by atoms with Crippen molar-refractivity contribution in [3.8, 4) is 0 Å². The van der Waals surface area contributed by atoms with E-state index in [9.17, 15) is 4.79 Å². The third-order valence-electron chi connectivity index (χ3n) is 4.10. The lowest BCUT2D eigenvalue weighted by Crippen LogP contribution is -2.30. The topological polar surface area (TPSA) is 41.1 Å². The predicted molar refractivity (Wildman–Crippen MR) is 88.6 cm³/mol. The molecule has 0 heterocycles. The lowest BCUT2D eigenvalue weighted by molar-refractivity contribution is 0.0958. The van der Waals surface area contributed by atoms with Crippen LogP contribution in [0.1, 0.15) is 43.5 Å². The Hall–Kier alpha value is -1.77. The maximum absolute atomic E-state index is 11.8. The zero-order valence-electron chi connectivity index (χ0n) is 13.1. The van der Waals surface area contributed by atoms with E-state index in [0.717, 1.165) is 17.5 Å². The van der Waals surface area contributed by atoms with Crippen LogP contribution in [-0.2, 0) is 0 Å². The fraction of sp³-hybridized carbons (Fsp3) is 0.500.